The zero-order valence-electron chi connectivity index (χ0n) is 17.9. The van der Waals surface area contributed by atoms with Gasteiger partial charge < -0.3 is 0 Å². The first-order valence-corrected chi connectivity index (χ1v) is 11.3. The molecule has 0 aliphatic carbocycles. The van der Waals surface area contributed by atoms with Crippen molar-refractivity contribution in [3.63, 3.8) is 0 Å². The molecule has 0 fully saturated rings. The van der Waals surface area contributed by atoms with E-state index in [1.807, 2.05) is 54.6 Å². The second kappa shape index (κ2) is 8.89. The molecule has 0 radical (unpaired) electrons. The van der Waals surface area contributed by atoms with E-state index in [1.54, 1.807) is 24.2 Å². The molecule has 0 unspecified atom stereocenters. The Bertz CT molecular complexity index is 1360. The lowest BCUT2D eigenvalue weighted by atomic mass is 9.91. The number of benzene rings is 3. The van der Waals surface area contributed by atoms with Crippen LogP contribution in [0.25, 0.3) is 0 Å². The van der Waals surface area contributed by atoms with E-state index in [0.29, 0.717) is 29.1 Å². The maximum absolute atomic E-state index is 12.9. The highest BCUT2D eigenvalue weighted by atomic mass is 35.5. The van der Waals surface area contributed by atoms with Crippen molar-refractivity contribution in [3.8, 4) is 0 Å². The van der Waals surface area contributed by atoms with E-state index in [2.05, 4.69) is 17.2 Å². The molecule has 1 aromatic heterocycles. The first kappa shape index (κ1) is 21.5. The smallest absolute Gasteiger partial charge is 0.263 e. The fourth-order valence-corrected chi connectivity index (χ4v) is 4.27. The normalized spacial score (nSPS) is 15.7. The summed E-state index contributed by atoms with van der Waals surface area (Å²) in [5, 5.41) is 12.7. The van der Waals surface area contributed by atoms with Crippen LogP contribution in [0.5, 0.6) is 0 Å². The minimum Gasteiger partial charge on any atom is -0.263 e. The number of hydrazone groups is 1. The Labute approximate surface area is 201 Å². The number of nitrogens with zero attached hydrogens (tertiary/aromatic N) is 5. The molecular formula is C25H21Cl2N5O. The molecule has 2 heterocycles. The first-order chi connectivity index (χ1) is 16.0. The zero-order chi connectivity index (χ0) is 22.9. The maximum Gasteiger partial charge on any atom is 0.347 e. The molecule has 5 rings (SSSR count). The van der Waals surface area contributed by atoms with Gasteiger partial charge in [0.05, 0.1) is 18.8 Å². The Morgan fingerprint density at radius 3 is 2.21 bits per heavy atom. The third-order valence-electron chi connectivity index (χ3n) is 5.75. The summed E-state index contributed by atoms with van der Waals surface area (Å²) < 4.78 is 2.98. The minimum absolute atomic E-state index is 0.0314. The summed E-state index contributed by atoms with van der Waals surface area (Å²) in [7, 11) is 1.72. The quantitative estimate of drug-likeness (QED) is 0.408. The Morgan fingerprint density at radius 1 is 0.909 bits per heavy atom. The van der Waals surface area contributed by atoms with Gasteiger partial charge in [0.25, 0.3) is 0 Å². The molecule has 166 valence electrons. The monoisotopic (exact) mass is 477 g/mol. The molecule has 4 aromatic rings. The molecule has 0 amide bonds. The van der Waals surface area contributed by atoms with E-state index in [4.69, 9.17) is 28.3 Å². The lowest BCUT2D eigenvalue weighted by Gasteiger charge is -2.15. The van der Waals surface area contributed by atoms with Crippen LogP contribution < -0.4 is 10.7 Å². The van der Waals surface area contributed by atoms with Crippen LogP contribution in [-0.2, 0) is 13.6 Å². The predicted octanol–water partition coefficient (Wildman–Crippen LogP) is 4.95. The van der Waals surface area contributed by atoms with Crippen LogP contribution in [0.1, 0.15) is 22.6 Å². The molecule has 1 atom stereocenters. The van der Waals surface area contributed by atoms with Crippen molar-refractivity contribution < 1.29 is 0 Å². The van der Waals surface area contributed by atoms with E-state index >= 15 is 0 Å². The van der Waals surface area contributed by atoms with E-state index in [9.17, 15) is 4.79 Å². The lowest BCUT2D eigenvalue weighted by molar-refractivity contribution is 0.646. The Balaban J connectivity index is 1.51. The van der Waals surface area contributed by atoms with Gasteiger partial charge in [-0.3, -0.25) is 4.57 Å². The van der Waals surface area contributed by atoms with Crippen LogP contribution >= 0.6 is 23.2 Å². The third kappa shape index (κ3) is 4.32. The highest BCUT2D eigenvalue weighted by molar-refractivity contribution is 6.31. The Hall–Kier alpha value is -3.35. The summed E-state index contributed by atoms with van der Waals surface area (Å²) in [6, 6.07) is 25.3. The van der Waals surface area contributed by atoms with Crippen molar-refractivity contribution >= 4 is 34.9 Å². The molecule has 1 aliphatic heterocycles. The van der Waals surface area contributed by atoms with Crippen molar-refractivity contribution in [2.45, 2.75) is 12.5 Å². The van der Waals surface area contributed by atoms with Gasteiger partial charge >= 0.3 is 5.69 Å². The largest absolute Gasteiger partial charge is 0.347 e. The molecular weight excluding hydrogens is 457 g/mol. The van der Waals surface area contributed by atoms with Gasteiger partial charge in [-0.15, -0.1) is 5.10 Å². The Kier molecular flexibility index (Phi) is 5.79. The second-order valence-electron chi connectivity index (χ2n) is 7.96. The van der Waals surface area contributed by atoms with Crippen molar-refractivity contribution in [1.29, 1.82) is 0 Å². The highest BCUT2D eigenvalue weighted by Gasteiger charge is 2.32. The van der Waals surface area contributed by atoms with Crippen molar-refractivity contribution in [2.75, 3.05) is 11.6 Å². The van der Waals surface area contributed by atoms with Crippen LogP contribution in [0.4, 0.5) is 5.95 Å². The van der Waals surface area contributed by atoms with E-state index in [-0.39, 0.29) is 11.6 Å². The summed E-state index contributed by atoms with van der Waals surface area (Å²) in [5.74, 6) is 0.530. The molecule has 0 saturated heterocycles. The summed E-state index contributed by atoms with van der Waals surface area (Å²) in [6.07, 6.45) is 0. The molecule has 0 spiro atoms. The van der Waals surface area contributed by atoms with Crippen molar-refractivity contribution in [1.82, 2.24) is 14.3 Å². The van der Waals surface area contributed by atoms with Gasteiger partial charge in [-0.05, 0) is 41.0 Å². The van der Waals surface area contributed by atoms with Gasteiger partial charge in [0.2, 0.25) is 5.95 Å². The van der Waals surface area contributed by atoms with E-state index < -0.39 is 0 Å². The van der Waals surface area contributed by atoms with Crippen LogP contribution in [0.3, 0.4) is 0 Å². The Morgan fingerprint density at radius 2 is 1.55 bits per heavy atom. The number of anilines is 1. The van der Waals surface area contributed by atoms with E-state index in [0.717, 1.165) is 22.4 Å². The highest BCUT2D eigenvalue weighted by Crippen LogP contribution is 2.31. The molecule has 8 heteroatoms. The number of hydrogen-bond acceptors (Lipinski definition) is 4. The predicted molar refractivity (Wildman–Crippen MR) is 133 cm³/mol. The molecule has 1 aliphatic rings. The van der Waals surface area contributed by atoms with Gasteiger partial charge in [-0.1, -0.05) is 77.8 Å². The second-order valence-corrected chi connectivity index (χ2v) is 8.84. The van der Waals surface area contributed by atoms with Crippen molar-refractivity contribution in [3.05, 3.63) is 116 Å². The molecule has 3 aromatic carbocycles. The van der Waals surface area contributed by atoms with Crippen molar-refractivity contribution in [2.24, 2.45) is 12.1 Å². The molecule has 0 bridgehead atoms. The SMILES string of the molecule is Cn1c(N2C[C@@H](c3ccccc3)C(c3ccc(Cl)cc3)=N2)nn(Cc2ccc(Cl)cc2)c1=O. The average molecular weight is 478 g/mol. The fourth-order valence-electron chi connectivity index (χ4n) is 4.02. The average Bonchev–Trinajstić information content (AvgIpc) is 3.39. The number of halogens is 2. The standard InChI is InChI=1S/C25H21Cl2N5O/c1-30-24(29-32(25(30)33)15-17-7-11-20(26)12-8-17)31-16-22(18-5-3-2-4-6-18)23(28-31)19-9-13-21(27)14-10-19/h2-14,22H,15-16H2,1H3/t22-/m0/s1. The first-order valence-electron chi connectivity index (χ1n) is 10.5. The number of hydrogen-bond donors (Lipinski definition) is 0. The van der Waals surface area contributed by atoms with Gasteiger partial charge in [0.15, 0.2) is 0 Å². The van der Waals surface area contributed by atoms with Gasteiger partial charge in [-0.2, -0.15) is 5.10 Å². The van der Waals surface area contributed by atoms with Crippen LogP contribution in [0.2, 0.25) is 10.0 Å². The topological polar surface area (TPSA) is 55.4 Å². The molecule has 6 nitrogen and oxygen atoms in total. The minimum atomic E-state index is -0.202. The van der Waals surface area contributed by atoms with E-state index in [1.165, 1.54) is 9.25 Å². The van der Waals surface area contributed by atoms with Gasteiger partial charge in [0.1, 0.15) is 0 Å². The lowest BCUT2D eigenvalue weighted by Crippen LogP contribution is -2.25. The summed E-state index contributed by atoms with van der Waals surface area (Å²) >= 11 is 12.1. The molecule has 0 saturated carbocycles. The van der Waals surface area contributed by atoms with Gasteiger partial charge in [-0.25, -0.2) is 14.5 Å². The summed E-state index contributed by atoms with van der Waals surface area (Å²) in [6.45, 7) is 0.931. The summed E-state index contributed by atoms with van der Waals surface area (Å²) in [4.78, 5) is 12.9. The number of rotatable bonds is 5. The molecule has 0 N–H and O–H groups in total. The zero-order valence-corrected chi connectivity index (χ0v) is 19.4. The van der Waals surface area contributed by atoms with Crippen LogP contribution in [0.15, 0.2) is 88.8 Å². The third-order valence-corrected chi connectivity index (χ3v) is 6.25. The summed E-state index contributed by atoms with van der Waals surface area (Å²) in [5.41, 5.74) is 3.80. The van der Waals surface area contributed by atoms with Crippen LogP contribution in [0, 0.1) is 0 Å². The van der Waals surface area contributed by atoms with Gasteiger partial charge in [0, 0.05) is 23.0 Å². The van der Waals surface area contributed by atoms with Crippen LogP contribution in [-0.4, -0.2) is 26.6 Å². The molecule has 33 heavy (non-hydrogen) atoms. The fraction of sp³-hybridized carbons (Fsp3) is 0.160. The maximum atomic E-state index is 12.9. The number of aromatic nitrogens is 3.